The van der Waals surface area contributed by atoms with Gasteiger partial charge in [-0.25, -0.2) is 0 Å². The van der Waals surface area contributed by atoms with Gasteiger partial charge in [-0.2, -0.15) is 5.26 Å². The van der Waals surface area contributed by atoms with E-state index in [1.165, 1.54) is 6.08 Å². The second-order valence-electron chi connectivity index (χ2n) is 2.17. The molecule has 0 bridgehead atoms. The minimum atomic E-state index is -0.0752. The predicted molar refractivity (Wildman–Crippen MR) is 44.8 cm³/mol. The van der Waals surface area contributed by atoms with Crippen LogP contribution in [0, 0.1) is 11.3 Å². The molecule has 0 radical (unpaired) electrons. The Morgan fingerprint density at radius 2 is 2.42 bits per heavy atom. The molecule has 12 heavy (non-hydrogen) atoms. The summed E-state index contributed by atoms with van der Waals surface area (Å²) in [7, 11) is 0. The zero-order chi connectivity index (χ0) is 8.81. The van der Waals surface area contributed by atoms with E-state index >= 15 is 0 Å². The van der Waals surface area contributed by atoms with E-state index in [-0.39, 0.29) is 6.61 Å². The van der Waals surface area contributed by atoms with Gasteiger partial charge in [0.1, 0.15) is 0 Å². The molecule has 60 valence electrons. The lowest BCUT2D eigenvalue weighted by Crippen LogP contribution is -1.89. The molecule has 0 saturated carbocycles. The number of aromatic nitrogens is 1. The molecule has 1 N–H and O–H groups in total. The van der Waals surface area contributed by atoms with E-state index in [2.05, 4.69) is 4.98 Å². The van der Waals surface area contributed by atoms with E-state index in [1.807, 2.05) is 6.07 Å². The van der Waals surface area contributed by atoms with Crippen LogP contribution >= 0.6 is 0 Å². The summed E-state index contributed by atoms with van der Waals surface area (Å²) in [4.78, 5) is 4.04. The predicted octanol–water partition coefficient (Wildman–Crippen LogP) is 1.11. The molecular weight excluding hydrogens is 152 g/mol. The third-order valence-electron chi connectivity index (χ3n) is 1.32. The summed E-state index contributed by atoms with van der Waals surface area (Å²) in [6, 6.07) is 7.15. The molecule has 0 fully saturated rings. The van der Waals surface area contributed by atoms with Gasteiger partial charge in [-0.15, -0.1) is 0 Å². The van der Waals surface area contributed by atoms with Crippen LogP contribution in [0.25, 0.3) is 6.08 Å². The summed E-state index contributed by atoms with van der Waals surface area (Å²) in [6.07, 6.45) is 2.95. The summed E-state index contributed by atoms with van der Waals surface area (Å²) in [6.45, 7) is -0.0752. The van der Waals surface area contributed by atoms with E-state index in [4.69, 9.17) is 10.4 Å². The Labute approximate surface area is 70.6 Å². The maximum absolute atomic E-state index is 8.74. The van der Waals surface area contributed by atoms with Crippen LogP contribution in [-0.4, -0.2) is 10.1 Å². The average Bonchev–Trinajstić information content (AvgIpc) is 2.15. The molecule has 0 saturated heterocycles. The minimum absolute atomic E-state index is 0.0752. The highest BCUT2D eigenvalue weighted by atomic mass is 16.3. The fourth-order valence-electron chi connectivity index (χ4n) is 0.802. The molecule has 1 aromatic heterocycles. The standard InChI is InChI=1S/C9H8N2O/c10-6-2-5-8-3-1-4-9(7-12)11-8/h1-5,12H,7H2. The van der Waals surface area contributed by atoms with Gasteiger partial charge in [0.2, 0.25) is 0 Å². The van der Waals surface area contributed by atoms with Crippen LogP contribution in [0.4, 0.5) is 0 Å². The van der Waals surface area contributed by atoms with Gasteiger partial charge in [0.25, 0.3) is 0 Å². The zero-order valence-corrected chi connectivity index (χ0v) is 6.44. The summed E-state index contributed by atoms with van der Waals surface area (Å²) in [5.41, 5.74) is 1.29. The van der Waals surface area contributed by atoms with Gasteiger partial charge in [-0.05, 0) is 18.2 Å². The van der Waals surface area contributed by atoms with Gasteiger partial charge >= 0.3 is 0 Å². The minimum Gasteiger partial charge on any atom is -0.390 e. The van der Waals surface area contributed by atoms with E-state index in [9.17, 15) is 0 Å². The first-order chi connectivity index (χ1) is 5.86. The van der Waals surface area contributed by atoms with Crippen molar-refractivity contribution in [2.45, 2.75) is 6.61 Å². The van der Waals surface area contributed by atoms with Crippen molar-refractivity contribution in [1.82, 2.24) is 4.98 Å². The van der Waals surface area contributed by atoms with Gasteiger partial charge in [0.15, 0.2) is 0 Å². The van der Waals surface area contributed by atoms with Crippen molar-refractivity contribution in [2.24, 2.45) is 0 Å². The molecule has 0 amide bonds. The molecule has 3 heteroatoms. The van der Waals surface area contributed by atoms with Crippen LogP contribution in [0.1, 0.15) is 11.4 Å². The Hall–Kier alpha value is -1.66. The third kappa shape index (κ3) is 2.19. The Kier molecular flexibility index (Phi) is 3.00. The first-order valence-electron chi connectivity index (χ1n) is 3.50. The molecule has 0 aromatic carbocycles. The van der Waals surface area contributed by atoms with Crippen molar-refractivity contribution in [3.05, 3.63) is 35.7 Å². The topological polar surface area (TPSA) is 56.9 Å². The van der Waals surface area contributed by atoms with Gasteiger partial charge in [-0.1, -0.05) is 6.07 Å². The van der Waals surface area contributed by atoms with Crippen LogP contribution in [0.15, 0.2) is 24.3 Å². The fraction of sp³-hybridized carbons (Fsp3) is 0.111. The van der Waals surface area contributed by atoms with Gasteiger partial charge in [0.05, 0.1) is 24.1 Å². The Bertz CT molecular complexity index is 326. The van der Waals surface area contributed by atoms with Crippen molar-refractivity contribution in [2.75, 3.05) is 0 Å². The molecule has 1 aromatic rings. The smallest absolute Gasteiger partial charge is 0.0912 e. The number of hydrogen-bond acceptors (Lipinski definition) is 3. The highest BCUT2D eigenvalue weighted by molar-refractivity contribution is 5.47. The number of pyridine rings is 1. The quantitative estimate of drug-likeness (QED) is 0.659. The normalized spacial score (nSPS) is 10.0. The summed E-state index contributed by atoms with van der Waals surface area (Å²) >= 11 is 0. The average molecular weight is 160 g/mol. The lowest BCUT2D eigenvalue weighted by Gasteiger charge is -1.95. The highest BCUT2D eigenvalue weighted by Gasteiger charge is 1.91. The molecule has 0 atom stereocenters. The van der Waals surface area contributed by atoms with Crippen molar-refractivity contribution < 1.29 is 5.11 Å². The maximum atomic E-state index is 8.74. The van der Waals surface area contributed by atoms with E-state index in [0.717, 1.165) is 0 Å². The molecule has 1 heterocycles. The van der Waals surface area contributed by atoms with Crippen molar-refractivity contribution in [3.63, 3.8) is 0 Å². The molecule has 0 unspecified atom stereocenters. The number of hydrogen-bond donors (Lipinski definition) is 1. The Morgan fingerprint density at radius 1 is 1.58 bits per heavy atom. The lowest BCUT2D eigenvalue weighted by molar-refractivity contribution is 0.277. The Balaban J connectivity index is 2.88. The van der Waals surface area contributed by atoms with Crippen molar-refractivity contribution in [3.8, 4) is 6.07 Å². The van der Waals surface area contributed by atoms with Gasteiger partial charge in [0, 0.05) is 6.08 Å². The SMILES string of the molecule is N#CC=Cc1cccc(CO)n1. The Morgan fingerprint density at radius 3 is 3.08 bits per heavy atom. The number of nitrogens with zero attached hydrogens (tertiary/aromatic N) is 2. The maximum Gasteiger partial charge on any atom is 0.0912 e. The van der Waals surface area contributed by atoms with E-state index < -0.39 is 0 Å². The van der Waals surface area contributed by atoms with Crippen LogP contribution < -0.4 is 0 Å². The molecule has 0 aliphatic rings. The first-order valence-corrected chi connectivity index (χ1v) is 3.50. The number of rotatable bonds is 2. The zero-order valence-electron chi connectivity index (χ0n) is 6.44. The van der Waals surface area contributed by atoms with Crippen LogP contribution in [0.3, 0.4) is 0 Å². The van der Waals surface area contributed by atoms with Crippen LogP contribution in [0.5, 0.6) is 0 Å². The summed E-state index contributed by atoms with van der Waals surface area (Å²) in [5, 5.41) is 17.0. The van der Waals surface area contributed by atoms with Crippen molar-refractivity contribution in [1.29, 1.82) is 5.26 Å². The van der Waals surface area contributed by atoms with E-state index in [1.54, 1.807) is 24.3 Å². The fourth-order valence-corrected chi connectivity index (χ4v) is 0.802. The van der Waals surface area contributed by atoms with Crippen LogP contribution in [0.2, 0.25) is 0 Å². The molecule has 0 spiro atoms. The summed E-state index contributed by atoms with van der Waals surface area (Å²) < 4.78 is 0. The second kappa shape index (κ2) is 4.27. The number of aliphatic hydroxyl groups is 1. The lowest BCUT2D eigenvalue weighted by atomic mass is 10.3. The van der Waals surface area contributed by atoms with Gasteiger partial charge < -0.3 is 5.11 Å². The third-order valence-corrected chi connectivity index (χ3v) is 1.32. The largest absolute Gasteiger partial charge is 0.390 e. The van der Waals surface area contributed by atoms with E-state index in [0.29, 0.717) is 11.4 Å². The highest BCUT2D eigenvalue weighted by Crippen LogP contribution is 2.00. The second-order valence-corrected chi connectivity index (χ2v) is 2.17. The first kappa shape index (κ1) is 8.44. The number of aliphatic hydroxyl groups excluding tert-OH is 1. The number of allylic oxidation sites excluding steroid dienone is 1. The molecule has 1 rings (SSSR count). The summed E-state index contributed by atoms with van der Waals surface area (Å²) in [5.74, 6) is 0. The van der Waals surface area contributed by atoms with Crippen LogP contribution in [-0.2, 0) is 6.61 Å². The number of nitriles is 1. The molecule has 0 aliphatic carbocycles. The monoisotopic (exact) mass is 160 g/mol. The molecule has 3 nitrogen and oxygen atoms in total. The van der Waals surface area contributed by atoms with Gasteiger partial charge in [-0.3, -0.25) is 4.98 Å². The van der Waals surface area contributed by atoms with Crippen molar-refractivity contribution >= 4 is 6.08 Å². The molecular formula is C9H8N2O. The molecule has 0 aliphatic heterocycles.